The van der Waals surface area contributed by atoms with Crippen LogP contribution in [0.5, 0.6) is 11.6 Å². The van der Waals surface area contributed by atoms with E-state index in [1.165, 1.54) is 44.6 Å². The predicted molar refractivity (Wildman–Crippen MR) is 82.9 cm³/mol. The van der Waals surface area contributed by atoms with Gasteiger partial charge in [-0.2, -0.15) is 0 Å². The summed E-state index contributed by atoms with van der Waals surface area (Å²) in [4.78, 5) is 27.5. The lowest BCUT2D eigenvalue weighted by Crippen LogP contribution is -2.38. The van der Waals surface area contributed by atoms with Gasteiger partial charge in [0.2, 0.25) is 5.88 Å². The zero-order valence-corrected chi connectivity index (χ0v) is 12.7. The molecule has 2 rings (SSSR count). The molecule has 0 spiro atoms. The van der Waals surface area contributed by atoms with Crippen LogP contribution in [-0.4, -0.2) is 33.6 Å². The average Bonchev–Trinajstić information content (AvgIpc) is 2.55. The quantitative estimate of drug-likeness (QED) is 0.639. The molecular weight excluding hydrogens is 305 g/mol. The Morgan fingerprint density at radius 3 is 2.52 bits per heavy atom. The van der Waals surface area contributed by atoms with Gasteiger partial charge in [0, 0.05) is 20.3 Å². The molecule has 1 aromatic heterocycles. The zero-order valence-electron chi connectivity index (χ0n) is 12.7. The van der Waals surface area contributed by atoms with Crippen LogP contribution < -0.4 is 16.0 Å². The number of halogens is 1. The van der Waals surface area contributed by atoms with E-state index in [9.17, 15) is 19.1 Å². The topological polar surface area (TPSA) is 85.8 Å². The van der Waals surface area contributed by atoms with Gasteiger partial charge >= 0.3 is 5.69 Å². The van der Waals surface area contributed by atoms with Crippen molar-refractivity contribution in [2.75, 3.05) is 13.2 Å². The Labute approximate surface area is 130 Å². The normalized spacial score (nSPS) is 11.1. The Kier molecular flexibility index (Phi) is 4.95. The van der Waals surface area contributed by atoms with Crippen molar-refractivity contribution in [3.63, 3.8) is 0 Å². The lowest BCUT2D eigenvalue weighted by atomic mass is 10.3. The molecule has 0 saturated heterocycles. The second-order valence-electron chi connectivity index (χ2n) is 4.78. The summed E-state index contributed by atoms with van der Waals surface area (Å²) in [6.45, 7) is 0.442. The molecule has 0 bridgehead atoms. The van der Waals surface area contributed by atoms with Gasteiger partial charge in [0.05, 0.1) is 6.54 Å². The van der Waals surface area contributed by atoms with Crippen LogP contribution in [0, 0.1) is 5.82 Å². The molecule has 0 fully saturated rings. The van der Waals surface area contributed by atoms with Crippen molar-refractivity contribution in [2.45, 2.75) is 0 Å². The van der Waals surface area contributed by atoms with Gasteiger partial charge in [-0.05, 0) is 24.3 Å². The van der Waals surface area contributed by atoms with E-state index in [2.05, 4.69) is 4.99 Å². The van der Waals surface area contributed by atoms with E-state index >= 15 is 0 Å². The van der Waals surface area contributed by atoms with Gasteiger partial charge in [0.15, 0.2) is 0 Å². The molecule has 2 aromatic rings. The summed E-state index contributed by atoms with van der Waals surface area (Å²) in [6.07, 6.45) is 1.20. The number of nitrogens with zero attached hydrogens (tertiary/aromatic N) is 3. The highest BCUT2D eigenvalue weighted by atomic mass is 19.1. The first-order valence-corrected chi connectivity index (χ1v) is 6.79. The SMILES string of the molecule is Cn1c(O)c(C=NCCOc2ccc(F)cc2)c(=O)n(C)c1=O. The molecule has 1 N–H and O–H groups in total. The highest BCUT2D eigenvalue weighted by molar-refractivity contribution is 5.81. The predicted octanol–water partition coefficient (Wildman–Crippen LogP) is 0.427. The van der Waals surface area contributed by atoms with Gasteiger partial charge in [0.1, 0.15) is 23.7 Å². The Morgan fingerprint density at radius 1 is 1.22 bits per heavy atom. The summed E-state index contributed by atoms with van der Waals surface area (Å²) < 4.78 is 19.9. The van der Waals surface area contributed by atoms with E-state index in [-0.39, 0.29) is 24.5 Å². The number of aromatic nitrogens is 2. The van der Waals surface area contributed by atoms with Crippen LogP contribution in [0.3, 0.4) is 0 Å². The third kappa shape index (κ3) is 3.65. The second-order valence-corrected chi connectivity index (χ2v) is 4.78. The number of aromatic hydroxyl groups is 1. The van der Waals surface area contributed by atoms with Crippen molar-refractivity contribution in [1.29, 1.82) is 0 Å². The molecule has 0 aliphatic carbocycles. The Hall–Kier alpha value is -2.90. The van der Waals surface area contributed by atoms with Gasteiger partial charge in [0.25, 0.3) is 5.56 Å². The molecule has 0 aliphatic rings. The molecule has 122 valence electrons. The molecule has 0 atom stereocenters. The summed E-state index contributed by atoms with van der Waals surface area (Å²) in [5.74, 6) is -0.292. The maximum Gasteiger partial charge on any atom is 0.333 e. The fourth-order valence-corrected chi connectivity index (χ4v) is 1.88. The van der Waals surface area contributed by atoms with E-state index in [1.807, 2.05) is 0 Å². The van der Waals surface area contributed by atoms with Gasteiger partial charge < -0.3 is 9.84 Å². The van der Waals surface area contributed by atoms with Gasteiger partial charge in [-0.25, -0.2) is 9.18 Å². The molecule has 0 radical (unpaired) electrons. The van der Waals surface area contributed by atoms with Crippen LogP contribution >= 0.6 is 0 Å². The first-order valence-electron chi connectivity index (χ1n) is 6.79. The molecule has 1 aromatic carbocycles. The lowest BCUT2D eigenvalue weighted by molar-refractivity contribution is 0.328. The van der Waals surface area contributed by atoms with Gasteiger partial charge in [-0.1, -0.05) is 0 Å². The molecule has 0 amide bonds. The molecule has 0 unspecified atom stereocenters. The van der Waals surface area contributed by atoms with Crippen LogP contribution in [0.25, 0.3) is 0 Å². The van der Waals surface area contributed by atoms with E-state index in [1.54, 1.807) is 0 Å². The van der Waals surface area contributed by atoms with Gasteiger partial charge in [-0.3, -0.25) is 18.9 Å². The number of aliphatic imine (C=N–C) groups is 1. The Bertz CT molecular complexity index is 838. The van der Waals surface area contributed by atoms with Gasteiger partial charge in [-0.15, -0.1) is 0 Å². The van der Waals surface area contributed by atoms with Crippen molar-refractivity contribution in [2.24, 2.45) is 19.1 Å². The number of ether oxygens (including phenoxy) is 1. The van der Waals surface area contributed by atoms with E-state index in [0.29, 0.717) is 5.75 Å². The van der Waals surface area contributed by atoms with E-state index < -0.39 is 17.1 Å². The van der Waals surface area contributed by atoms with Crippen LogP contribution in [0.4, 0.5) is 4.39 Å². The van der Waals surface area contributed by atoms with Crippen LogP contribution in [0.2, 0.25) is 0 Å². The molecule has 7 nitrogen and oxygen atoms in total. The standard InChI is InChI=1S/C15H16FN3O4/c1-18-13(20)12(14(21)19(2)15(18)22)9-17-7-8-23-11-5-3-10(16)4-6-11/h3-6,9,20H,7-8H2,1-2H3. The molecule has 8 heteroatoms. The highest BCUT2D eigenvalue weighted by Gasteiger charge is 2.12. The largest absolute Gasteiger partial charge is 0.494 e. The van der Waals surface area contributed by atoms with Crippen molar-refractivity contribution in [1.82, 2.24) is 9.13 Å². The minimum Gasteiger partial charge on any atom is -0.494 e. The maximum atomic E-state index is 12.7. The van der Waals surface area contributed by atoms with Crippen molar-refractivity contribution < 1.29 is 14.2 Å². The molecule has 0 aliphatic heterocycles. The maximum absolute atomic E-state index is 12.7. The first-order chi connectivity index (χ1) is 10.9. The Balaban J connectivity index is 2.03. The number of rotatable bonds is 5. The molecule has 23 heavy (non-hydrogen) atoms. The average molecular weight is 321 g/mol. The summed E-state index contributed by atoms with van der Waals surface area (Å²) in [5, 5.41) is 9.84. The minimum atomic E-state index is -0.631. The summed E-state index contributed by atoms with van der Waals surface area (Å²) in [6, 6.07) is 5.55. The monoisotopic (exact) mass is 321 g/mol. The van der Waals surface area contributed by atoms with Crippen LogP contribution in [-0.2, 0) is 14.1 Å². The van der Waals surface area contributed by atoms with Crippen molar-refractivity contribution in [3.05, 3.63) is 56.5 Å². The number of hydrogen-bond donors (Lipinski definition) is 1. The summed E-state index contributed by atoms with van der Waals surface area (Å²) in [7, 11) is 2.67. The third-order valence-corrected chi connectivity index (χ3v) is 3.19. The third-order valence-electron chi connectivity index (χ3n) is 3.19. The minimum absolute atomic E-state index is 0.0728. The van der Waals surface area contributed by atoms with Crippen molar-refractivity contribution >= 4 is 6.21 Å². The first kappa shape index (κ1) is 16.5. The van der Waals surface area contributed by atoms with Crippen molar-refractivity contribution in [3.8, 4) is 11.6 Å². The number of hydrogen-bond acceptors (Lipinski definition) is 5. The zero-order chi connectivity index (χ0) is 17.0. The smallest absolute Gasteiger partial charge is 0.333 e. The van der Waals surface area contributed by atoms with E-state index in [0.717, 1.165) is 9.13 Å². The number of benzene rings is 1. The molecule has 0 saturated carbocycles. The summed E-state index contributed by atoms with van der Waals surface area (Å²) >= 11 is 0. The van der Waals surface area contributed by atoms with E-state index in [4.69, 9.17) is 4.74 Å². The fourth-order valence-electron chi connectivity index (χ4n) is 1.88. The summed E-state index contributed by atoms with van der Waals surface area (Å²) in [5.41, 5.74) is -1.32. The lowest BCUT2D eigenvalue weighted by Gasteiger charge is -2.07. The van der Waals surface area contributed by atoms with Crippen LogP contribution in [0.15, 0.2) is 38.8 Å². The highest BCUT2D eigenvalue weighted by Crippen LogP contribution is 2.10. The second kappa shape index (κ2) is 6.91. The molecule has 1 heterocycles. The fraction of sp³-hybridized carbons (Fsp3) is 0.267. The van der Waals surface area contributed by atoms with Crippen LogP contribution in [0.1, 0.15) is 5.56 Å². The molecular formula is C15H16FN3O4. The Morgan fingerprint density at radius 2 is 1.87 bits per heavy atom.